The molecule has 0 unspecified atom stereocenters. The van der Waals surface area contributed by atoms with Crippen LogP contribution in [0, 0.1) is 0 Å². The topological polar surface area (TPSA) is 101 Å². The molecule has 19 heavy (non-hydrogen) atoms. The van der Waals surface area contributed by atoms with Crippen LogP contribution in [0.2, 0.25) is 0 Å². The van der Waals surface area contributed by atoms with Gasteiger partial charge in [-0.15, -0.1) is 3.94 Å². The van der Waals surface area contributed by atoms with Crippen molar-refractivity contribution in [2.24, 2.45) is 0 Å². The van der Waals surface area contributed by atoms with Gasteiger partial charge in [0, 0.05) is 0 Å². The molecule has 0 atom stereocenters. The molecule has 0 aromatic heterocycles. The van der Waals surface area contributed by atoms with E-state index in [1.165, 1.54) is 0 Å². The number of hydrogen-bond acceptors (Lipinski definition) is 6. The van der Waals surface area contributed by atoms with Crippen molar-refractivity contribution in [1.82, 2.24) is 3.94 Å². The van der Waals surface area contributed by atoms with Gasteiger partial charge in [-0.1, -0.05) is 0 Å². The summed E-state index contributed by atoms with van der Waals surface area (Å²) in [5, 5.41) is 0. The van der Waals surface area contributed by atoms with Crippen molar-refractivity contribution in [1.29, 1.82) is 0 Å². The van der Waals surface area contributed by atoms with E-state index >= 15 is 0 Å². The molecule has 0 aliphatic rings. The van der Waals surface area contributed by atoms with Crippen molar-refractivity contribution >= 4 is 43.5 Å². The van der Waals surface area contributed by atoms with Crippen LogP contribution in [0.1, 0.15) is 13.8 Å². The molecule has 116 valence electrons. The fourth-order valence-electron chi connectivity index (χ4n) is 1.11. The van der Waals surface area contributed by atoms with E-state index in [0.717, 1.165) is 3.94 Å². The Labute approximate surface area is 123 Å². The Hall–Kier alpha value is 0.360. The van der Waals surface area contributed by atoms with Crippen molar-refractivity contribution in [3.8, 4) is 0 Å². The normalized spacial score (nSPS) is 14.0. The van der Waals surface area contributed by atoms with Crippen LogP contribution < -0.4 is 0 Å². The third-order valence-electron chi connectivity index (χ3n) is 2.06. The molecule has 0 bridgehead atoms. The summed E-state index contributed by atoms with van der Waals surface area (Å²) in [6, 6.07) is 0. The average molecular weight is 358 g/mol. The zero-order valence-corrected chi connectivity index (χ0v) is 13.7. The van der Waals surface area contributed by atoms with Crippen molar-refractivity contribution in [3.63, 3.8) is 0 Å². The largest absolute Gasteiger partial charge is 0.379 e. The Balaban J connectivity index is 4.13. The van der Waals surface area contributed by atoms with Crippen LogP contribution in [0.15, 0.2) is 0 Å². The quantitative estimate of drug-likeness (QED) is 0.368. The zero-order chi connectivity index (χ0) is 15.3. The summed E-state index contributed by atoms with van der Waals surface area (Å²) in [6.45, 7) is 2.68. The second kappa shape index (κ2) is 7.39. The predicted molar refractivity (Wildman–Crippen MR) is 73.5 cm³/mol. The number of halogens is 2. The average Bonchev–Trinajstić information content (AvgIpc) is 2.12. The van der Waals surface area contributed by atoms with Crippen LogP contribution in [0.4, 0.5) is 0 Å². The zero-order valence-electron chi connectivity index (χ0n) is 10.5. The number of hydrogen-bond donors (Lipinski definition) is 1. The summed E-state index contributed by atoms with van der Waals surface area (Å²) < 4.78 is 58.2. The molecule has 0 saturated carbocycles. The Kier molecular flexibility index (Phi) is 7.53. The molecular weight excluding hydrogens is 341 g/mol. The van der Waals surface area contributed by atoms with Gasteiger partial charge in [0.1, 0.15) is 0 Å². The van der Waals surface area contributed by atoms with Gasteiger partial charge in [0.25, 0.3) is 10.1 Å². The highest BCUT2D eigenvalue weighted by atomic mass is 35.5. The Morgan fingerprint density at radius 2 is 1.58 bits per heavy atom. The molecule has 0 saturated heterocycles. The second-order valence-electron chi connectivity index (χ2n) is 4.54. The highest BCUT2D eigenvalue weighted by molar-refractivity contribution is 7.91. The molecule has 0 amide bonds. The first-order valence-electron chi connectivity index (χ1n) is 5.21. The van der Waals surface area contributed by atoms with Gasteiger partial charge in [0.2, 0.25) is 0 Å². The predicted octanol–water partition coefficient (Wildman–Crippen LogP) is 0.694. The molecule has 7 nitrogen and oxygen atoms in total. The molecule has 0 fully saturated rings. The van der Waals surface area contributed by atoms with E-state index in [4.69, 9.17) is 32.8 Å². The van der Waals surface area contributed by atoms with Crippen LogP contribution >= 0.6 is 23.6 Å². The minimum atomic E-state index is -4.10. The van der Waals surface area contributed by atoms with E-state index in [1.807, 2.05) is 0 Å². The maximum atomic E-state index is 11.7. The smallest absolute Gasteiger partial charge is 0.267 e. The van der Waals surface area contributed by atoms with Crippen LogP contribution in [0.25, 0.3) is 0 Å². The van der Waals surface area contributed by atoms with Gasteiger partial charge in [-0.2, -0.15) is 8.42 Å². The van der Waals surface area contributed by atoms with E-state index in [9.17, 15) is 16.8 Å². The van der Waals surface area contributed by atoms with Gasteiger partial charge in [-0.25, -0.2) is 8.42 Å². The van der Waals surface area contributed by atoms with Gasteiger partial charge in [-0.05, 0) is 37.4 Å². The number of ether oxygens (including phenoxy) is 1. The SMILES string of the molecule is CC(C)(CS(=O)(=O)CCOCCS(=O)(=O)O)N(Cl)Cl. The molecule has 0 heterocycles. The van der Waals surface area contributed by atoms with Crippen LogP contribution in [-0.4, -0.2) is 61.3 Å². The first-order chi connectivity index (χ1) is 8.36. The first-order valence-corrected chi connectivity index (χ1v) is 9.31. The van der Waals surface area contributed by atoms with Crippen molar-refractivity contribution < 1.29 is 26.1 Å². The Bertz CT molecular complexity index is 473. The van der Waals surface area contributed by atoms with E-state index in [0.29, 0.717) is 0 Å². The highest BCUT2D eigenvalue weighted by Crippen LogP contribution is 2.21. The molecule has 0 rings (SSSR count). The summed E-state index contributed by atoms with van der Waals surface area (Å²) in [4.78, 5) is 0. The first kappa shape index (κ1) is 19.4. The summed E-state index contributed by atoms with van der Waals surface area (Å²) in [5.41, 5.74) is -0.948. The van der Waals surface area contributed by atoms with Crippen LogP contribution in [0.3, 0.4) is 0 Å². The second-order valence-corrected chi connectivity index (χ2v) is 9.14. The third-order valence-corrected chi connectivity index (χ3v) is 5.59. The number of rotatable bonds is 9. The van der Waals surface area contributed by atoms with Crippen molar-refractivity contribution in [3.05, 3.63) is 0 Å². The lowest BCUT2D eigenvalue weighted by Gasteiger charge is -2.26. The minimum absolute atomic E-state index is 0.168. The fraction of sp³-hybridized carbons (Fsp3) is 1.00. The van der Waals surface area contributed by atoms with E-state index in [1.54, 1.807) is 13.8 Å². The lowest BCUT2D eigenvalue weighted by atomic mass is 10.1. The molecule has 0 aliphatic carbocycles. The molecule has 0 radical (unpaired) electrons. The van der Waals surface area contributed by atoms with Gasteiger partial charge in [0.15, 0.2) is 9.84 Å². The number of nitrogens with zero attached hydrogens (tertiary/aromatic N) is 1. The summed E-state index contributed by atoms with van der Waals surface area (Å²) in [6.07, 6.45) is 0. The van der Waals surface area contributed by atoms with Gasteiger partial charge in [-0.3, -0.25) is 4.55 Å². The van der Waals surface area contributed by atoms with E-state index < -0.39 is 31.2 Å². The lowest BCUT2D eigenvalue weighted by molar-refractivity contribution is 0.163. The monoisotopic (exact) mass is 357 g/mol. The Morgan fingerprint density at radius 1 is 1.11 bits per heavy atom. The van der Waals surface area contributed by atoms with Crippen LogP contribution in [-0.2, 0) is 24.7 Å². The molecule has 11 heteroatoms. The standard InChI is InChI=1S/C8H17Cl2NO6S2/c1-8(2,11(9)10)7-18(12,13)5-3-17-4-6-19(14,15)16/h3-7H2,1-2H3,(H,14,15,16). The van der Waals surface area contributed by atoms with Crippen molar-refractivity contribution in [2.45, 2.75) is 19.4 Å². The maximum Gasteiger partial charge on any atom is 0.267 e. The van der Waals surface area contributed by atoms with Crippen LogP contribution in [0.5, 0.6) is 0 Å². The summed E-state index contributed by atoms with van der Waals surface area (Å²) >= 11 is 11.0. The van der Waals surface area contributed by atoms with E-state index in [-0.39, 0.29) is 24.7 Å². The highest BCUT2D eigenvalue weighted by Gasteiger charge is 2.31. The molecule has 1 N–H and O–H groups in total. The van der Waals surface area contributed by atoms with Crippen molar-refractivity contribution in [2.75, 3.05) is 30.5 Å². The van der Waals surface area contributed by atoms with E-state index in [2.05, 4.69) is 0 Å². The minimum Gasteiger partial charge on any atom is -0.379 e. The Morgan fingerprint density at radius 3 is 2.00 bits per heavy atom. The summed E-state index contributed by atoms with van der Waals surface area (Å²) in [5.74, 6) is -1.13. The molecule has 0 aromatic rings. The molecule has 0 aliphatic heterocycles. The molecule has 0 spiro atoms. The molecular formula is C8H17Cl2NO6S2. The fourth-order valence-corrected chi connectivity index (χ4v) is 3.42. The number of sulfone groups is 1. The third kappa shape index (κ3) is 9.83. The van der Waals surface area contributed by atoms with Gasteiger partial charge < -0.3 is 4.74 Å². The van der Waals surface area contributed by atoms with Gasteiger partial charge in [0.05, 0.1) is 36.0 Å². The summed E-state index contributed by atoms with van der Waals surface area (Å²) in [7, 11) is -7.54. The lowest BCUT2D eigenvalue weighted by Crippen LogP contribution is -2.40. The van der Waals surface area contributed by atoms with Gasteiger partial charge >= 0.3 is 0 Å². The molecule has 0 aromatic carbocycles. The maximum absolute atomic E-state index is 11.7.